The lowest BCUT2D eigenvalue weighted by Gasteiger charge is -2.32. The highest BCUT2D eigenvalue weighted by atomic mass is 16.5. The maximum Gasteiger partial charge on any atom is 0.337 e. The van der Waals surface area contributed by atoms with Crippen molar-refractivity contribution in [2.24, 2.45) is 0 Å². The van der Waals surface area contributed by atoms with Crippen LogP contribution in [0.2, 0.25) is 0 Å². The van der Waals surface area contributed by atoms with Gasteiger partial charge in [-0.3, -0.25) is 38.6 Å². The molecule has 4 heterocycles. The molecule has 10 rings (SSSR count). The van der Waals surface area contributed by atoms with Crippen molar-refractivity contribution in [1.82, 2.24) is 19.6 Å². The normalized spacial score (nSPS) is 15.7. The van der Waals surface area contributed by atoms with E-state index in [0.29, 0.717) is 69.3 Å². The quantitative estimate of drug-likeness (QED) is 0.0429. The average molecular weight is 1220 g/mol. The number of hydrogen-bond donors (Lipinski definition) is 6. The second kappa shape index (κ2) is 31.0. The van der Waals surface area contributed by atoms with Crippen LogP contribution in [-0.4, -0.2) is 191 Å². The Morgan fingerprint density at radius 1 is 0.483 bits per heavy atom. The smallest absolute Gasteiger partial charge is 0.337 e. The van der Waals surface area contributed by atoms with Gasteiger partial charge in [-0.25, -0.2) is 9.59 Å². The van der Waals surface area contributed by atoms with Gasteiger partial charge in [0.2, 0.25) is 11.8 Å². The summed E-state index contributed by atoms with van der Waals surface area (Å²) in [5, 5.41) is 28.4. The average Bonchev–Trinajstić information content (AvgIpc) is 3.20. The Hall–Kier alpha value is -10.0. The maximum absolute atomic E-state index is 13.2. The standard InChI is InChI=1S/2C31H33N5O4.C4H6O4.H2O/c2*1-34-15-17-36(18-16-34)20-27(37)35(2)24-12-10-23(11-13-24)32-29(21-7-5-4-6-8-21)28-25-14-9-22(31(39)40-3)19-26(25)33-30(28)38;5-3(6)1-2-4(7)8;/h2*4-14,19,32H,15-18,20H2,1-3H3,(H,33,38);1-2H2,(H,5,6)(H,7,8);1H2/b2*29-28-;;. The van der Waals surface area contributed by atoms with Gasteiger partial charge >= 0.3 is 23.9 Å². The van der Waals surface area contributed by atoms with Crippen LogP contribution in [0.4, 0.5) is 34.1 Å². The minimum Gasteiger partial charge on any atom is -0.481 e. The topological polar surface area (TPSA) is 295 Å². The number of fused-ring (bicyclic) bond motifs is 2. The molecule has 0 aromatic heterocycles. The van der Waals surface area contributed by atoms with Crippen LogP contribution >= 0.6 is 0 Å². The molecule has 23 nitrogen and oxygen atoms in total. The van der Waals surface area contributed by atoms with E-state index in [1.807, 2.05) is 109 Å². The third kappa shape index (κ3) is 17.4. The van der Waals surface area contributed by atoms with Crippen molar-refractivity contribution < 1.29 is 63.5 Å². The molecule has 0 bridgehead atoms. The summed E-state index contributed by atoms with van der Waals surface area (Å²) < 4.78 is 9.65. The molecular formula is C66H74N10O13. The molecule has 8 N–H and O–H groups in total. The molecule has 4 aliphatic heterocycles. The monoisotopic (exact) mass is 1210 g/mol. The highest BCUT2D eigenvalue weighted by Crippen LogP contribution is 2.40. The molecule has 89 heavy (non-hydrogen) atoms. The number of piperazine rings is 2. The molecule has 0 saturated carbocycles. The number of esters is 2. The summed E-state index contributed by atoms with van der Waals surface area (Å²) in [4.78, 5) is 108. The number of carboxylic acids is 2. The fourth-order valence-electron chi connectivity index (χ4n) is 10.0. The summed E-state index contributed by atoms with van der Waals surface area (Å²) in [5.41, 5.74) is 10.2. The Morgan fingerprint density at radius 3 is 1.13 bits per heavy atom. The van der Waals surface area contributed by atoms with Gasteiger partial charge in [-0.1, -0.05) is 72.8 Å². The summed E-state index contributed by atoms with van der Waals surface area (Å²) in [6, 6.07) is 44.4. The van der Waals surface area contributed by atoms with Gasteiger partial charge in [0.05, 0.1) is 85.2 Å². The molecule has 6 aromatic rings. The maximum atomic E-state index is 13.2. The van der Waals surface area contributed by atoms with Crippen LogP contribution in [0.3, 0.4) is 0 Å². The van der Waals surface area contributed by atoms with Crippen molar-refractivity contribution in [2.75, 3.05) is 139 Å². The molecule has 4 aliphatic rings. The number of ether oxygens (including phenoxy) is 2. The molecule has 23 heteroatoms. The number of rotatable bonds is 17. The summed E-state index contributed by atoms with van der Waals surface area (Å²) in [5.74, 6) is -3.54. The van der Waals surface area contributed by atoms with Crippen molar-refractivity contribution >= 4 is 104 Å². The van der Waals surface area contributed by atoms with Crippen molar-refractivity contribution in [3.63, 3.8) is 0 Å². The molecule has 0 aliphatic carbocycles. The first-order valence-corrected chi connectivity index (χ1v) is 28.5. The van der Waals surface area contributed by atoms with E-state index < -0.39 is 23.9 Å². The number of nitrogens with one attached hydrogen (secondary N) is 4. The number of carbonyl (C=O) groups is 8. The molecule has 466 valence electrons. The van der Waals surface area contributed by atoms with Crippen LogP contribution in [0.5, 0.6) is 0 Å². The van der Waals surface area contributed by atoms with Gasteiger partial charge in [0.25, 0.3) is 11.8 Å². The van der Waals surface area contributed by atoms with Crippen LogP contribution in [0, 0.1) is 0 Å². The van der Waals surface area contributed by atoms with Gasteiger partial charge in [0.15, 0.2) is 0 Å². The minimum absolute atomic E-state index is 0. The molecule has 2 fully saturated rings. The van der Waals surface area contributed by atoms with Crippen molar-refractivity contribution in [1.29, 1.82) is 0 Å². The lowest BCUT2D eigenvalue weighted by atomic mass is 9.99. The number of likely N-dealkylation sites (N-methyl/N-ethyl adjacent to an activating group) is 4. The van der Waals surface area contributed by atoms with Gasteiger partial charge in [0, 0.05) is 100 Å². The Bertz CT molecular complexity index is 3370. The minimum atomic E-state index is -1.08. The van der Waals surface area contributed by atoms with Crippen LogP contribution in [0.1, 0.15) is 55.8 Å². The lowest BCUT2D eigenvalue weighted by Crippen LogP contribution is -2.48. The molecule has 0 atom stereocenters. The zero-order valence-corrected chi connectivity index (χ0v) is 50.5. The highest BCUT2D eigenvalue weighted by molar-refractivity contribution is 6.38. The molecule has 0 radical (unpaired) electrons. The van der Waals surface area contributed by atoms with E-state index in [-0.39, 0.29) is 41.9 Å². The molecule has 6 aromatic carbocycles. The number of carboxylic acid groups (broad SMARTS) is 2. The van der Waals surface area contributed by atoms with Crippen molar-refractivity contribution in [3.05, 3.63) is 179 Å². The van der Waals surface area contributed by atoms with Crippen LogP contribution in [-0.2, 0) is 38.2 Å². The van der Waals surface area contributed by atoms with E-state index in [4.69, 9.17) is 19.7 Å². The Balaban J connectivity index is 0.000000224. The van der Waals surface area contributed by atoms with E-state index in [1.165, 1.54) is 14.2 Å². The number of methoxy groups -OCH3 is 2. The number of anilines is 6. The Labute approximate surface area is 516 Å². The van der Waals surface area contributed by atoms with E-state index in [2.05, 4.69) is 55.0 Å². The zero-order chi connectivity index (χ0) is 63.0. The Morgan fingerprint density at radius 2 is 0.820 bits per heavy atom. The number of hydrogen-bond acceptors (Lipinski definition) is 16. The summed E-state index contributed by atoms with van der Waals surface area (Å²) in [6.07, 6.45) is -0.593. The largest absolute Gasteiger partial charge is 0.481 e. The van der Waals surface area contributed by atoms with Crippen molar-refractivity contribution in [3.8, 4) is 0 Å². The van der Waals surface area contributed by atoms with Crippen LogP contribution < -0.4 is 31.1 Å². The number of aliphatic carboxylic acids is 2. The van der Waals surface area contributed by atoms with E-state index in [0.717, 1.165) is 86.2 Å². The SMILES string of the molecule is COC(=O)c1ccc2c(c1)NC(=O)/C2=C(\Nc1ccc(N(C)C(=O)CN2CCN(C)CC2)cc1)c1ccccc1.COC(=O)c1ccc2c(c1)NC(=O)/C2=C(\Nc1ccc(N(C)C(=O)CN2CCN(C)CC2)cc1)c1ccccc1.O.O=C(O)CCC(=O)O. The first kappa shape index (κ1) is 66.5. The molecule has 2 saturated heterocycles. The van der Waals surface area contributed by atoms with Crippen LogP contribution in [0.15, 0.2) is 146 Å². The van der Waals surface area contributed by atoms with Gasteiger partial charge in [-0.05, 0) is 98.0 Å². The molecular weight excluding hydrogens is 1140 g/mol. The first-order valence-electron chi connectivity index (χ1n) is 28.5. The van der Waals surface area contributed by atoms with Gasteiger partial charge < -0.3 is 66.0 Å². The van der Waals surface area contributed by atoms with Gasteiger partial charge in [0.1, 0.15) is 0 Å². The number of benzene rings is 6. The van der Waals surface area contributed by atoms with E-state index in [1.54, 1.807) is 60.3 Å². The molecule has 4 amide bonds. The molecule has 0 unspecified atom stereocenters. The lowest BCUT2D eigenvalue weighted by molar-refractivity contribution is -0.143. The number of nitrogens with zero attached hydrogens (tertiary/aromatic N) is 6. The summed E-state index contributed by atoms with van der Waals surface area (Å²) >= 11 is 0. The highest BCUT2D eigenvalue weighted by Gasteiger charge is 2.32. The Kier molecular flexibility index (Phi) is 23.2. The fourth-order valence-corrected chi connectivity index (χ4v) is 10.0. The zero-order valence-electron chi connectivity index (χ0n) is 50.5. The number of carbonyl (C=O) groups excluding carboxylic acids is 6. The third-order valence-corrected chi connectivity index (χ3v) is 15.3. The first-order chi connectivity index (χ1) is 42.3. The fraction of sp³-hybridized carbons (Fsp3) is 0.273. The summed E-state index contributed by atoms with van der Waals surface area (Å²) in [7, 11) is 10.4. The second-order valence-corrected chi connectivity index (χ2v) is 21.3. The van der Waals surface area contributed by atoms with Gasteiger partial charge in [-0.2, -0.15) is 0 Å². The van der Waals surface area contributed by atoms with Crippen molar-refractivity contribution in [2.45, 2.75) is 12.8 Å². The van der Waals surface area contributed by atoms with E-state index >= 15 is 0 Å². The van der Waals surface area contributed by atoms with Crippen LogP contribution in [0.25, 0.3) is 22.5 Å². The second-order valence-electron chi connectivity index (χ2n) is 21.3. The third-order valence-electron chi connectivity index (χ3n) is 15.3. The predicted octanol–water partition coefficient (Wildman–Crippen LogP) is 6.34. The van der Waals surface area contributed by atoms with E-state index in [9.17, 15) is 38.4 Å². The number of amides is 4. The predicted molar refractivity (Wildman–Crippen MR) is 342 cm³/mol. The van der Waals surface area contributed by atoms with Gasteiger partial charge in [-0.15, -0.1) is 0 Å². The molecule has 0 spiro atoms. The summed E-state index contributed by atoms with van der Waals surface area (Å²) in [6.45, 7) is 8.18.